The number of rotatable bonds is 3. The van der Waals surface area contributed by atoms with Gasteiger partial charge in [0.05, 0.1) is 6.54 Å². The molecule has 0 aromatic carbocycles. The van der Waals surface area contributed by atoms with Gasteiger partial charge in [-0.2, -0.15) is 13.2 Å². The number of likely N-dealkylation sites (N-methyl/N-ethyl adjacent to an activating group) is 1. The van der Waals surface area contributed by atoms with Crippen LogP contribution >= 0.6 is 0 Å². The molecule has 3 nitrogen and oxygen atoms in total. The molecule has 2 atom stereocenters. The molecule has 0 saturated carbocycles. The van der Waals surface area contributed by atoms with Crippen molar-refractivity contribution in [2.45, 2.75) is 31.6 Å². The Morgan fingerprint density at radius 1 is 1.47 bits per heavy atom. The summed E-state index contributed by atoms with van der Waals surface area (Å²) >= 11 is 0. The molecule has 1 unspecified atom stereocenters. The van der Waals surface area contributed by atoms with E-state index >= 15 is 0 Å². The second-order valence-corrected chi connectivity index (χ2v) is 4.14. The summed E-state index contributed by atoms with van der Waals surface area (Å²) in [4.78, 5) is 1.38. The van der Waals surface area contributed by atoms with E-state index < -0.39 is 12.7 Å². The molecule has 90 valence electrons. The van der Waals surface area contributed by atoms with Gasteiger partial charge >= 0.3 is 6.18 Å². The maximum atomic E-state index is 12.2. The molecule has 1 N–H and O–H groups in total. The van der Waals surface area contributed by atoms with Crippen molar-refractivity contribution in [3.8, 4) is 0 Å². The number of nitrogens with one attached hydrogen (secondary N) is 1. The van der Waals surface area contributed by atoms with Crippen LogP contribution in [0.15, 0.2) is 0 Å². The van der Waals surface area contributed by atoms with E-state index in [0.717, 1.165) is 6.42 Å². The molecule has 0 aromatic rings. The minimum Gasteiger partial charge on any atom is -0.294 e. The van der Waals surface area contributed by atoms with E-state index in [2.05, 4.69) is 5.43 Å². The van der Waals surface area contributed by atoms with E-state index in [9.17, 15) is 13.2 Å². The third-order valence-electron chi connectivity index (χ3n) is 2.89. The van der Waals surface area contributed by atoms with E-state index in [4.69, 9.17) is 0 Å². The Bertz CT molecular complexity index is 207. The van der Waals surface area contributed by atoms with Crippen LogP contribution in [0.2, 0.25) is 0 Å². The first-order valence-corrected chi connectivity index (χ1v) is 5.04. The molecule has 0 spiro atoms. The highest BCUT2D eigenvalue weighted by Crippen LogP contribution is 2.23. The van der Waals surface area contributed by atoms with Crippen LogP contribution in [0.25, 0.3) is 0 Å². The van der Waals surface area contributed by atoms with Crippen molar-refractivity contribution in [2.24, 2.45) is 0 Å². The van der Waals surface area contributed by atoms with E-state index in [-0.39, 0.29) is 12.1 Å². The Balaban J connectivity index is 2.46. The van der Waals surface area contributed by atoms with E-state index in [1.807, 2.05) is 11.9 Å². The number of alkyl halides is 3. The third kappa shape index (κ3) is 3.62. The van der Waals surface area contributed by atoms with E-state index in [1.54, 1.807) is 7.05 Å². The van der Waals surface area contributed by atoms with Crippen molar-refractivity contribution in [1.29, 1.82) is 0 Å². The molecule has 0 aliphatic carbocycles. The quantitative estimate of drug-likeness (QED) is 0.775. The Morgan fingerprint density at radius 3 is 2.47 bits per heavy atom. The van der Waals surface area contributed by atoms with E-state index in [1.165, 1.54) is 11.9 Å². The van der Waals surface area contributed by atoms with Gasteiger partial charge in [-0.3, -0.25) is 10.3 Å². The molecule has 1 heterocycles. The highest BCUT2D eigenvalue weighted by Gasteiger charge is 2.36. The van der Waals surface area contributed by atoms with Crippen LogP contribution < -0.4 is 5.43 Å². The fourth-order valence-corrected chi connectivity index (χ4v) is 2.05. The van der Waals surface area contributed by atoms with Gasteiger partial charge in [0.2, 0.25) is 0 Å². The summed E-state index contributed by atoms with van der Waals surface area (Å²) in [6.45, 7) is 1.82. The first-order chi connectivity index (χ1) is 6.83. The first-order valence-electron chi connectivity index (χ1n) is 5.04. The van der Waals surface area contributed by atoms with Crippen molar-refractivity contribution in [3.63, 3.8) is 0 Å². The SMILES string of the molecule is CNN1CC(N(C)CC(F)(F)F)C[C@H]1C. The zero-order chi connectivity index (χ0) is 11.6. The van der Waals surface area contributed by atoms with E-state index in [0.29, 0.717) is 6.54 Å². The number of hydrogen-bond donors (Lipinski definition) is 1. The Labute approximate surface area is 88.2 Å². The van der Waals surface area contributed by atoms with Crippen molar-refractivity contribution in [1.82, 2.24) is 15.3 Å². The maximum absolute atomic E-state index is 12.2. The van der Waals surface area contributed by atoms with Gasteiger partial charge in [0, 0.05) is 18.6 Å². The average Bonchev–Trinajstić information content (AvgIpc) is 2.43. The van der Waals surface area contributed by atoms with Crippen LogP contribution in [0.3, 0.4) is 0 Å². The number of nitrogens with zero attached hydrogens (tertiary/aromatic N) is 2. The summed E-state index contributed by atoms with van der Waals surface area (Å²) in [6.07, 6.45) is -3.33. The number of hydrogen-bond acceptors (Lipinski definition) is 3. The summed E-state index contributed by atoms with van der Waals surface area (Å²) in [6, 6.07) is 0.268. The highest BCUT2D eigenvalue weighted by molar-refractivity contribution is 4.86. The normalized spacial score (nSPS) is 29.0. The molecule has 1 saturated heterocycles. The fourth-order valence-electron chi connectivity index (χ4n) is 2.05. The van der Waals surface area contributed by atoms with Crippen LogP contribution in [-0.2, 0) is 0 Å². The predicted molar refractivity (Wildman–Crippen MR) is 52.3 cm³/mol. The average molecular weight is 225 g/mol. The highest BCUT2D eigenvalue weighted by atomic mass is 19.4. The van der Waals surface area contributed by atoms with Gasteiger partial charge in [0.15, 0.2) is 0 Å². The number of hydrazine groups is 1. The summed E-state index contributed by atoms with van der Waals surface area (Å²) in [5, 5.41) is 1.97. The second kappa shape index (κ2) is 4.67. The minimum atomic E-state index is -4.11. The van der Waals surface area contributed by atoms with Gasteiger partial charge in [-0.25, -0.2) is 5.01 Å². The molecule has 1 fully saturated rings. The summed E-state index contributed by atoms with van der Waals surface area (Å²) < 4.78 is 36.5. The summed E-state index contributed by atoms with van der Waals surface area (Å²) in [7, 11) is 3.33. The van der Waals surface area contributed by atoms with Crippen molar-refractivity contribution >= 4 is 0 Å². The van der Waals surface area contributed by atoms with Crippen molar-refractivity contribution in [3.05, 3.63) is 0 Å². The lowest BCUT2D eigenvalue weighted by atomic mass is 10.2. The van der Waals surface area contributed by atoms with Crippen LogP contribution in [0, 0.1) is 0 Å². The lowest BCUT2D eigenvalue weighted by molar-refractivity contribution is -0.147. The molecular weight excluding hydrogens is 207 g/mol. The van der Waals surface area contributed by atoms with Crippen LogP contribution in [0.5, 0.6) is 0 Å². The zero-order valence-corrected chi connectivity index (χ0v) is 9.30. The van der Waals surface area contributed by atoms with Crippen molar-refractivity contribution in [2.75, 3.05) is 27.2 Å². The zero-order valence-electron chi connectivity index (χ0n) is 9.30. The summed E-state index contributed by atoms with van der Waals surface area (Å²) in [5.74, 6) is 0. The predicted octanol–water partition coefficient (Wildman–Crippen LogP) is 1.08. The third-order valence-corrected chi connectivity index (χ3v) is 2.89. The lowest BCUT2D eigenvalue weighted by Crippen LogP contribution is -2.42. The smallest absolute Gasteiger partial charge is 0.294 e. The van der Waals surface area contributed by atoms with Crippen molar-refractivity contribution < 1.29 is 13.2 Å². The van der Waals surface area contributed by atoms with Gasteiger partial charge in [-0.1, -0.05) is 0 Å². The lowest BCUT2D eigenvalue weighted by Gasteiger charge is -2.25. The molecular formula is C9H18F3N3. The molecule has 6 heteroatoms. The molecule has 1 aliphatic rings. The summed E-state index contributed by atoms with van der Waals surface area (Å²) in [5.41, 5.74) is 2.99. The first kappa shape index (κ1) is 12.7. The van der Waals surface area contributed by atoms with Crippen LogP contribution in [0.1, 0.15) is 13.3 Å². The van der Waals surface area contributed by atoms with Gasteiger partial charge < -0.3 is 0 Å². The second-order valence-electron chi connectivity index (χ2n) is 4.14. The standard InChI is InChI=1S/C9H18F3N3/c1-7-4-8(5-15(7)13-2)14(3)6-9(10,11)12/h7-8,13H,4-6H2,1-3H3/t7-,8?/m1/s1. The monoisotopic (exact) mass is 225 g/mol. The fraction of sp³-hybridized carbons (Fsp3) is 1.00. The van der Waals surface area contributed by atoms with Gasteiger partial charge in [-0.15, -0.1) is 0 Å². The molecule has 0 aromatic heterocycles. The number of halogens is 3. The van der Waals surface area contributed by atoms with Crippen LogP contribution in [0.4, 0.5) is 13.2 Å². The topological polar surface area (TPSA) is 18.5 Å². The minimum absolute atomic E-state index is 0.0194. The largest absolute Gasteiger partial charge is 0.401 e. The van der Waals surface area contributed by atoms with Gasteiger partial charge in [0.25, 0.3) is 0 Å². The molecule has 0 radical (unpaired) electrons. The molecule has 1 rings (SSSR count). The Morgan fingerprint density at radius 2 is 2.07 bits per heavy atom. The Hall–Kier alpha value is -0.330. The molecule has 1 aliphatic heterocycles. The molecule has 15 heavy (non-hydrogen) atoms. The van der Waals surface area contributed by atoms with Gasteiger partial charge in [-0.05, 0) is 27.4 Å². The molecule has 0 amide bonds. The van der Waals surface area contributed by atoms with Crippen LogP contribution in [-0.4, -0.2) is 55.4 Å². The molecule has 0 bridgehead atoms. The van der Waals surface area contributed by atoms with Gasteiger partial charge in [0.1, 0.15) is 0 Å². The Kier molecular flexibility index (Phi) is 3.97. The maximum Gasteiger partial charge on any atom is 0.401 e.